The van der Waals surface area contributed by atoms with Gasteiger partial charge in [0.05, 0.1) is 31.1 Å². The summed E-state index contributed by atoms with van der Waals surface area (Å²) in [5.41, 5.74) is 3.04. The van der Waals surface area contributed by atoms with E-state index in [2.05, 4.69) is 68.8 Å². The van der Waals surface area contributed by atoms with Crippen LogP contribution in [0.4, 0.5) is 5.69 Å². The van der Waals surface area contributed by atoms with Crippen molar-refractivity contribution in [1.29, 1.82) is 0 Å². The zero-order chi connectivity index (χ0) is 40.3. The van der Waals surface area contributed by atoms with Crippen molar-refractivity contribution < 1.29 is 32.2 Å². The molecular weight excluding hydrogens is 754 g/mol. The highest BCUT2D eigenvalue weighted by atomic mass is 35.5. The van der Waals surface area contributed by atoms with E-state index in [-0.39, 0.29) is 41.0 Å². The fourth-order valence-electron chi connectivity index (χ4n) is 8.20. The van der Waals surface area contributed by atoms with Gasteiger partial charge < -0.3 is 23.9 Å². The third-order valence-electron chi connectivity index (χ3n) is 12.4. The van der Waals surface area contributed by atoms with Gasteiger partial charge in [0.25, 0.3) is 5.91 Å². The van der Waals surface area contributed by atoms with Crippen LogP contribution in [0, 0.1) is 11.8 Å². The van der Waals surface area contributed by atoms with Crippen LogP contribution in [-0.4, -0.2) is 90.3 Å². The average Bonchev–Trinajstić information content (AvgIpc) is 3.24. The van der Waals surface area contributed by atoms with Gasteiger partial charge in [0.2, 0.25) is 0 Å². The largest absolute Gasteiger partial charge is 0.490 e. The van der Waals surface area contributed by atoms with Gasteiger partial charge in [-0.25, -0.2) is 4.72 Å². The lowest BCUT2D eigenvalue weighted by Gasteiger charge is -2.45. The van der Waals surface area contributed by atoms with E-state index in [9.17, 15) is 18.3 Å². The number of methoxy groups -OCH3 is 1. The molecule has 1 spiro atoms. The van der Waals surface area contributed by atoms with Gasteiger partial charge in [-0.2, -0.15) is 12.7 Å². The molecule has 1 saturated carbocycles. The first-order valence-corrected chi connectivity index (χ1v) is 24.3. The zero-order valence-corrected chi connectivity index (χ0v) is 36.3. The third kappa shape index (κ3) is 9.71. The number of benzene rings is 2. The molecule has 10 nitrogen and oxygen atoms in total. The highest BCUT2D eigenvalue weighted by Crippen LogP contribution is 2.47. The molecule has 304 valence electrons. The SMILES string of the molecule is C=CC[C@H](C)N(C[C@H](COC)O[Si](C)(C)C(C)(C)C)S(=O)(=O)NC(=O)c1ccc2c(c1)N(C[C@@H]1CC[C@H]1[C@@H](O)C=C)C[C@@]1(CCCc3cc(Cl)ccc31)CO2. The lowest BCUT2D eigenvalue weighted by molar-refractivity contribution is 0.0460. The van der Waals surface area contributed by atoms with Crippen molar-refractivity contribution in [1.82, 2.24) is 9.03 Å². The molecule has 0 aromatic heterocycles. The van der Waals surface area contributed by atoms with Gasteiger partial charge in [-0.1, -0.05) is 50.6 Å². The van der Waals surface area contributed by atoms with Gasteiger partial charge in [0, 0.05) is 48.8 Å². The van der Waals surface area contributed by atoms with E-state index in [0.717, 1.165) is 37.8 Å². The van der Waals surface area contributed by atoms with Crippen molar-refractivity contribution >= 4 is 41.7 Å². The molecule has 1 aliphatic heterocycles. The summed E-state index contributed by atoms with van der Waals surface area (Å²) in [7, 11) is -5.09. The highest BCUT2D eigenvalue weighted by molar-refractivity contribution is 7.87. The number of anilines is 1. The first-order valence-electron chi connectivity index (χ1n) is 19.6. The maximum Gasteiger partial charge on any atom is 0.304 e. The molecule has 1 heterocycles. The Morgan fingerprint density at radius 1 is 1.22 bits per heavy atom. The summed E-state index contributed by atoms with van der Waals surface area (Å²) >= 11 is 6.45. The monoisotopic (exact) mass is 815 g/mol. The predicted molar refractivity (Wildman–Crippen MR) is 224 cm³/mol. The maximum absolute atomic E-state index is 14.2. The van der Waals surface area contributed by atoms with Crippen LogP contribution in [0.5, 0.6) is 5.75 Å². The van der Waals surface area contributed by atoms with E-state index in [4.69, 9.17) is 25.5 Å². The smallest absolute Gasteiger partial charge is 0.304 e. The van der Waals surface area contributed by atoms with Gasteiger partial charge in [-0.3, -0.25) is 4.79 Å². The topological polar surface area (TPSA) is 118 Å². The molecular formula is C42H62ClN3O7SSi. The lowest BCUT2D eigenvalue weighted by Crippen LogP contribution is -2.54. The number of aryl methyl sites for hydroxylation is 1. The molecule has 5 rings (SSSR count). The number of rotatable bonds is 16. The van der Waals surface area contributed by atoms with Crippen LogP contribution in [0.15, 0.2) is 61.7 Å². The number of hydrogen-bond acceptors (Lipinski definition) is 8. The number of ether oxygens (including phenoxy) is 2. The van der Waals surface area contributed by atoms with E-state index in [1.54, 1.807) is 44.4 Å². The molecule has 1 fully saturated rings. The molecule has 6 atom stereocenters. The van der Waals surface area contributed by atoms with E-state index in [1.807, 2.05) is 6.07 Å². The summed E-state index contributed by atoms with van der Waals surface area (Å²) in [6, 6.07) is 10.7. The average molecular weight is 817 g/mol. The lowest BCUT2D eigenvalue weighted by atomic mass is 9.68. The molecule has 0 radical (unpaired) electrons. The number of carbonyl (C=O) groups excluding carboxylic acids is 1. The highest BCUT2D eigenvalue weighted by Gasteiger charge is 2.45. The first-order chi connectivity index (χ1) is 25.8. The maximum atomic E-state index is 14.2. The normalized spacial score (nSPS) is 23.1. The Morgan fingerprint density at radius 3 is 2.60 bits per heavy atom. The van der Waals surface area contributed by atoms with Crippen LogP contribution in [-0.2, 0) is 31.2 Å². The number of aliphatic hydroxyl groups is 1. The molecule has 3 aliphatic rings. The number of fused-ring (bicyclic) bond motifs is 3. The number of halogens is 1. The summed E-state index contributed by atoms with van der Waals surface area (Å²) in [6.45, 7) is 22.0. The molecule has 0 saturated heterocycles. The Bertz CT molecular complexity index is 1820. The van der Waals surface area contributed by atoms with Crippen LogP contribution < -0.4 is 14.4 Å². The minimum absolute atomic E-state index is 0.00232. The molecule has 2 aromatic rings. The van der Waals surface area contributed by atoms with Gasteiger partial charge in [-0.15, -0.1) is 13.2 Å². The first kappa shape index (κ1) is 43.4. The van der Waals surface area contributed by atoms with E-state index < -0.39 is 42.7 Å². The van der Waals surface area contributed by atoms with Gasteiger partial charge in [0.15, 0.2) is 8.32 Å². The fourth-order valence-corrected chi connectivity index (χ4v) is 11.1. The van der Waals surface area contributed by atoms with Crippen LogP contribution in [0.2, 0.25) is 23.2 Å². The molecule has 55 heavy (non-hydrogen) atoms. The van der Waals surface area contributed by atoms with Crippen molar-refractivity contribution in [3.05, 3.63) is 83.4 Å². The van der Waals surface area contributed by atoms with Crippen molar-refractivity contribution in [2.45, 2.75) is 108 Å². The Balaban J connectivity index is 1.46. The van der Waals surface area contributed by atoms with Gasteiger partial charge in [-0.05, 0) is 117 Å². The second-order valence-electron chi connectivity index (χ2n) is 17.3. The van der Waals surface area contributed by atoms with Crippen molar-refractivity contribution in [3.8, 4) is 5.75 Å². The summed E-state index contributed by atoms with van der Waals surface area (Å²) < 4.78 is 50.8. The summed E-state index contributed by atoms with van der Waals surface area (Å²) in [6.07, 6.45) is 7.22. The Hall–Kier alpha value is -2.71. The van der Waals surface area contributed by atoms with Crippen LogP contribution in [0.3, 0.4) is 0 Å². The number of hydrogen-bond donors (Lipinski definition) is 2. The standard InChI is InChI=1S/C42H62ClN3O7SSi/c1-10-13-29(3)46(25-34(26-51-7)53-55(8,9)41(4,5)6)54(49,50)44-40(48)31-16-20-39-37(23-31)45(24-32-15-18-35(32)38(47)11-2)27-42(28-52-39)21-12-14-30-22-33(43)17-19-36(30)42/h10-11,16-17,19-20,22-23,29,32,34-35,38,47H,1-2,12-15,18,21,24-28H2,3-9H3,(H,44,48)/t29-,32-,34+,35+,38-,42-/m0/s1. The molecule has 0 unspecified atom stereocenters. The Labute approximate surface area is 335 Å². The number of nitrogens with zero attached hydrogens (tertiary/aromatic N) is 2. The van der Waals surface area contributed by atoms with Gasteiger partial charge >= 0.3 is 10.2 Å². The summed E-state index contributed by atoms with van der Waals surface area (Å²) in [4.78, 5) is 16.3. The molecule has 2 aromatic carbocycles. The number of amides is 1. The summed E-state index contributed by atoms with van der Waals surface area (Å²) in [5.74, 6) is 0.174. The molecule has 2 N–H and O–H groups in total. The second-order valence-corrected chi connectivity index (χ2v) is 24.2. The molecule has 2 aliphatic carbocycles. The molecule has 0 bridgehead atoms. The quantitative estimate of drug-likeness (QED) is 0.131. The van der Waals surface area contributed by atoms with E-state index in [0.29, 0.717) is 36.9 Å². The fraction of sp³-hybridized carbons (Fsp3) is 0.595. The number of nitrogens with one attached hydrogen (secondary N) is 1. The van der Waals surface area contributed by atoms with Crippen LogP contribution in [0.25, 0.3) is 0 Å². The number of carbonyl (C=O) groups is 1. The third-order valence-corrected chi connectivity index (χ3v) is 18.8. The minimum Gasteiger partial charge on any atom is -0.490 e. The predicted octanol–water partition coefficient (Wildman–Crippen LogP) is 7.66. The van der Waals surface area contributed by atoms with Crippen molar-refractivity contribution in [3.63, 3.8) is 0 Å². The van der Waals surface area contributed by atoms with Crippen LogP contribution in [0.1, 0.15) is 81.3 Å². The van der Waals surface area contributed by atoms with Crippen molar-refractivity contribution in [2.24, 2.45) is 11.8 Å². The molecule has 13 heteroatoms. The number of aliphatic hydroxyl groups excluding tert-OH is 1. The van der Waals surface area contributed by atoms with E-state index >= 15 is 0 Å². The summed E-state index contributed by atoms with van der Waals surface area (Å²) in [5, 5.41) is 11.3. The van der Waals surface area contributed by atoms with Gasteiger partial charge in [0.1, 0.15) is 5.75 Å². The zero-order valence-electron chi connectivity index (χ0n) is 33.8. The minimum atomic E-state index is -4.36. The second kappa shape index (κ2) is 17.4. The van der Waals surface area contributed by atoms with Crippen LogP contribution >= 0.6 is 11.6 Å². The molecule has 1 amide bonds. The van der Waals surface area contributed by atoms with E-state index in [1.165, 1.54) is 15.4 Å². The van der Waals surface area contributed by atoms with Crippen molar-refractivity contribution in [2.75, 3.05) is 44.9 Å². The Morgan fingerprint density at radius 2 is 1.96 bits per heavy atom. The Kier molecular flexibility index (Phi) is 13.7.